The number of oxime groups is 1. The van der Waals surface area contributed by atoms with Crippen LogP contribution >= 0.6 is 0 Å². The Morgan fingerprint density at radius 2 is 1.82 bits per heavy atom. The summed E-state index contributed by atoms with van der Waals surface area (Å²) in [6.07, 6.45) is 4.86. The first-order chi connectivity index (χ1) is 16.5. The van der Waals surface area contributed by atoms with Crippen LogP contribution in [0.5, 0.6) is 0 Å². The number of likely N-dealkylation sites (tertiary alicyclic amines) is 1. The molecule has 176 valence electrons. The first-order valence-corrected chi connectivity index (χ1v) is 11.0. The molecule has 4 heterocycles. The number of rotatable bonds is 5. The van der Waals surface area contributed by atoms with Crippen LogP contribution in [-0.2, 0) is 28.3 Å². The van der Waals surface area contributed by atoms with E-state index in [1.54, 1.807) is 12.4 Å². The van der Waals surface area contributed by atoms with Crippen molar-refractivity contribution in [3.63, 3.8) is 0 Å². The van der Waals surface area contributed by atoms with Crippen LogP contribution < -0.4 is 0 Å². The normalized spacial score (nSPS) is 17.7. The topological polar surface area (TPSA) is 59.8 Å². The Morgan fingerprint density at radius 3 is 2.53 bits per heavy atom. The molecule has 0 amide bonds. The number of aromatic nitrogens is 2. The van der Waals surface area contributed by atoms with Crippen LogP contribution in [0.2, 0.25) is 0 Å². The van der Waals surface area contributed by atoms with Crippen LogP contribution in [-0.4, -0.2) is 40.8 Å². The summed E-state index contributed by atoms with van der Waals surface area (Å²) in [6.45, 7) is 2.70. The Labute approximate surface area is 195 Å². The highest BCUT2D eigenvalue weighted by molar-refractivity contribution is 6.12. The molecule has 34 heavy (non-hydrogen) atoms. The van der Waals surface area contributed by atoms with Gasteiger partial charge in [-0.3, -0.25) is 9.88 Å². The zero-order valence-corrected chi connectivity index (χ0v) is 18.6. The standard InChI is InChI=1S/C25H23F3N4O2/c1-33-31-24(16-3-5-21(26)22(27)10-16)17-2-4-19(29-12-17)14-32-8-6-25(7-9-32)20-13-30-23(28)11-18(20)15-34-25/h2-5,10-13H,6-9,14-15H2,1H3. The maximum Gasteiger partial charge on any atom is 0.213 e. The minimum Gasteiger partial charge on any atom is -0.399 e. The molecule has 0 bridgehead atoms. The van der Waals surface area contributed by atoms with Gasteiger partial charge in [-0.2, -0.15) is 4.39 Å². The van der Waals surface area contributed by atoms with Gasteiger partial charge in [0.2, 0.25) is 5.95 Å². The zero-order valence-electron chi connectivity index (χ0n) is 18.6. The highest BCUT2D eigenvalue weighted by atomic mass is 19.2. The Hall–Kier alpha value is -3.30. The van der Waals surface area contributed by atoms with Crippen molar-refractivity contribution in [3.05, 3.63) is 94.3 Å². The molecule has 1 spiro atoms. The van der Waals surface area contributed by atoms with Gasteiger partial charge in [0.05, 0.1) is 17.9 Å². The highest BCUT2D eigenvalue weighted by Gasteiger charge is 2.43. The lowest BCUT2D eigenvalue weighted by molar-refractivity contribution is -0.0801. The van der Waals surface area contributed by atoms with E-state index in [-0.39, 0.29) is 5.60 Å². The molecule has 0 aliphatic carbocycles. The number of ether oxygens (including phenoxy) is 1. The van der Waals surface area contributed by atoms with Crippen molar-refractivity contribution in [1.29, 1.82) is 0 Å². The molecular formula is C25H23F3N4O2. The number of hydrogen-bond acceptors (Lipinski definition) is 6. The van der Waals surface area contributed by atoms with Crippen LogP contribution in [0.3, 0.4) is 0 Å². The van der Waals surface area contributed by atoms with Gasteiger partial charge in [-0.15, -0.1) is 0 Å². The first kappa shape index (κ1) is 22.5. The van der Waals surface area contributed by atoms with Crippen LogP contribution in [0.4, 0.5) is 13.2 Å². The van der Waals surface area contributed by atoms with Crippen LogP contribution in [0.15, 0.2) is 53.9 Å². The summed E-state index contributed by atoms with van der Waals surface area (Å²) in [7, 11) is 1.39. The predicted molar refractivity (Wildman–Crippen MR) is 118 cm³/mol. The van der Waals surface area contributed by atoms with Gasteiger partial charge in [-0.1, -0.05) is 5.16 Å². The number of pyridine rings is 2. The molecule has 3 aromatic rings. The summed E-state index contributed by atoms with van der Waals surface area (Å²) in [6, 6.07) is 8.77. The van der Waals surface area contributed by atoms with E-state index in [0.29, 0.717) is 30.0 Å². The number of hydrogen-bond donors (Lipinski definition) is 0. The van der Waals surface area contributed by atoms with Gasteiger partial charge < -0.3 is 9.57 Å². The number of piperidine rings is 1. The van der Waals surface area contributed by atoms with Crippen LogP contribution in [0.1, 0.15) is 40.8 Å². The van der Waals surface area contributed by atoms with Gasteiger partial charge in [0.1, 0.15) is 12.8 Å². The van der Waals surface area contributed by atoms with Gasteiger partial charge in [0.15, 0.2) is 11.6 Å². The van der Waals surface area contributed by atoms with E-state index < -0.39 is 17.6 Å². The lowest BCUT2D eigenvalue weighted by Crippen LogP contribution is -2.42. The second-order valence-electron chi connectivity index (χ2n) is 8.51. The molecule has 1 fully saturated rings. The fourth-order valence-electron chi connectivity index (χ4n) is 4.67. The predicted octanol–water partition coefficient (Wildman–Crippen LogP) is 4.31. The molecule has 1 aromatic carbocycles. The molecule has 2 aliphatic heterocycles. The molecule has 6 nitrogen and oxygen atoms in total. The third kappa shape index (κ3) is 4.28. The van der Waals surface area contributed by atoms with Gasteiger partial charge >= 0.3 is 0 Å². The third-order valence-corrected chi connectivity index (χ3v) is 6.47. The smallest absolute Gasteiger partial charge is 0.213 e. The Balaban J connectivity index is 1.26. The lowest BCUT2D eigenvalue weighted by Gasteiger charge is -2.39. The van der Waals surface area contributed by atoms with E-state index in [4.69, 9.17) is 9.57 Å². The first-order valence-electron chi connectivity index (χ1n) is 11.0. The second kappa shape index (κ2) is 9.15. The molecule has 0 atom stereocenters. The summed E-state index contributed by atoms with van der Waals surface area (Å²) in [5.41, 5.74) is 3.75. The molecule has 0 saturated carbocycles. The molecule has 2 aliphatic rings. The van der Waals surface area contributed by atoms with Crippen LogP contribution in [0, 0.1) is 17.6 Å². The fourth-order valence-corrected chi connectivity index (χ4v) is 4.67. The van der Waals surface area contributed by atoms with Crippen molar-refractivity contribution >= 4 is 5.71 Å². The Kier molecular flexibility index (Phi) is 6.05. The SMILES string of the molecule is CON=C(c1ccc(CN2CCC3(CC2)OCc2cc(F)ncc23)nc1)c1ccc(F)c(F)c1. The molecular weight excluding hydrogens is 445 g/mol. The largest absolute Gasteiger partial charge is 0.399 e. The number of benzene rings is 1. The molecule has 2 aromatic heterocycles. The van der Waals surface area contributed by atoms with Gasteiger partial charge in [-0.05, 0) is 54.8 Å². The van der Waals surface area contributed by atoms with E-state index >= 15 is 0 Å². The van der Waals surface area contributed by atoms with E-state index in [1.807, 2.05) is 12.1 Å². The second-order valence-corrected chi connectivity index (χ2v) is 8.51. The van der Waals surface area contributed by atoms with E-state index in [0.717, 1.165) is 54.9 Å². The summed E-state index contributed by atoms with van der Waals surface area (Å²) < 4.78 is 46.6. The summed E-state index contributed by atoms with van der Waals surface area (Å²) in [5, 5.41) is 3.98. The van der Waals surface area contributed by atoms with Crippen molar-refractivity contribution in [3.8, 4) is 0 Å². The lowest BCUT2D eigenvalue weighted by atomic mass is 9.84. The van der Waals surface area contributed by atoms with Crippen molar-refractivity contribution in [1.82, 2.24) is 14.9 Å². The van der Waals surface area contributed by atoms with Crippen LogP contribution in [0.25, 0.3) is 0 Å². The molecule has 9 heteroatoms. The van der Waals surface area contributed by atoms with E-state index in [9.17, 15) is 13.2 Å². The summed E-state index contributed by atoms with van der Waals surface area (Å²) in [4.78, 5) is 15.6. The van der Waals surface area contributed by atoms with Crippen molar-refractivity contribution in [2.24, 2.45) is 5.16 Å². The van der Waals surface area contributed by atoms with Crippen molar-refractivity contribution in [2.75, 3.05) is 20.2 Å². The average Bonchev–Trinajstić information content (AvgIpc) is 3.18. The quantitative estimate of drug-likeness (QED) is 0.317. The minimum absolute atomic E-state index is 0.363. The maximum absolute atomic E-state index is 13.7. The van der Waals surface area contributed by atoms with E-state index in [2.05, 4.69) is 20.0 Å². The van der Waals surface area contributed by atoms with Crippen molar-refractivity contribution in [2.45, 2.75) is 31.6 Å². The zero-order chi connectivity index (χ0) is 23.7. The number of fused-ring (bicyclic) bond motifs is 2. The highest BCUT2D eigenvalue weighted by Crippen LogP contribution is 2.44. The van der Waals surface area contributed by atoms with Gasteiger partial charge in [0.25, 0.3) is 0 Å². The Bertz CT molecular complexity index is 1230. The summed E-state index contributed by atoms with van der Waals surface area (Å²) in [5.74, 6) is -2.36. The summed E-state index contributed by atoms with van der Waals surface area (Å²) >= 11 is 0. The molecule has 0 unspecified atom stereocenters. The molecule has 0 N–H and O–H groups in total. The third-order valence-electron chi connectivity index (χ3n) is 6.47. The molecule has 1 saturated heterocycles. The number of halogens is 3. The fraction of sp³-hybridized carbons (Fsp3) is 0.320. The van der Waals surface area contributed by atoms with E-state index in [1.165, 1.54) is 19.2 Å². The molecule has 0 radical (unpaired) electrons. The molecule has 5 rings (SSSR count). The minimum atomic E-state index is -0.955. The van der Waals surface area contributed by atoms with Gasteiger partial charge in [0, 0.05) is 48.7 Å². The van der Waals surface area contributed by atoms with Gasteiger partial charge in [-0.25, -0.2) is 13.8 Å². The maximum atomic E-state index is 13.7. The van der Waals surface area contributed by atoms with Crippen molar-refractivity contribution < 1.29 is 22.7 Å². The monoisotopic (exact) mass is 468 g/mol. The number of nitrogens with zero attached hydrogens (tertiary/aromatic N) is 4. The Morgan fingerprint density at radius 1 is 1.03 bits per heavy atom. The average molecular weight is 468 g/mol.